The summed E-state index contributed by atoms with van der Waals surface area (Å²) in [7, 11) is 0. The van der Waals surface area contributed by atoms with Crippen molar-refractivity contribution in [2.45, 2.75) is 19.4 Å². The number of rotatable bonds is 3. The number of nitrogens with zero attached hydrogens (tertiary/aromatic N) is 2. The number of nitrogens with one attached hydrogen (secondary N) is 1. The highest BCUT2D eigenvalue weighted by Crippen LogP contribution is 2.17. The van der Waals surface area contributed by atoms with Crippen LogP contribution in [0.15, 0.2) is 29.1 Å². The van der Waals surface area contributed by atoms with Crippen LogP contribution in [-0.2, 0) is 11.3 Å². The number of carbonyl (C=O) groups excluding carboxylic acids is 1. The van der Waals surface area contributed by atoms with Gasteiger partial charge < -0.3 is 15.0 Å². The van der Waals surface area contributed by atoms with Gasteiger partial charge in [0.05, 0.1) is 11.0 Å². The molecule has 6 heteroatoms. The Morgan fingerprint density at radius 2 is 2.00 bits per heavy atom. The Balaban J connectivity index is 1.75. The number of aromatic nitrogens is 2. The van der Waals surface area contributed by atoms with Crippen LogP contribution in [-0.4, -0.2) is 45.2 Å². The molecule has 1 aromatic carbocycles. The van der Waals surface area contributed by atoms with Crippen molar-refractivity contribution in [2.24, 2.45) is 5.92 Å². The summed E-state index contributed by atoms with van der Waals surface area (Å²) in [4.78, 5) is 28.8. The topological polar surface area (TPSA) is 78.3 Å². The normalized spacial score (nSPS) is 16.5. The standard InChI is InChI=1S/C15H19N3O3/c19-10-11-5-7-17(8-6-11)14(20)9-18-13-4-2-1-3-12(13)16-15(18)21/h1-4,11,19H,5-10H2,(H,16,21). The number of aromatic amines is 1. The Morgan fingerprint density at radius 3 is 2.71 bits per heavy atom. The maximum absolute atomic E-state index is 12.3. The molecule has 112 valence electrons. The molecule has 1 fully saturated rings. The van der Waals surface area contributed by atoms with Crippen LogP contribution in [0.4, 0.5) is 0 Å². The highest BCUT2D eigenvalue weighted by atomic mass is 16.3. The molecule has 1 saturated heterocycles. The molecule has 1 aliphatic heterocycles. The van der Waals surface area contributed by atoms with E-state index in [4.69, 9.17) is 5.11 Å². The third kappa shape index (κ3) is 2.71. The highest BCUT2D eigenvalue weighted by molar-refractivity contribution is 5.80. The molecule has 2 N–H and O–H groups in total. The van der Waals surface area contributed by atoms with E-state index in [-0.39, 0.29) is 24.7 Å². The summed E-state index contributed by atoms with van der Waals surface area (Å²) in [5.41, 5.74) is 1.24. The summed E-state index contributed by atoms with van der Waals surface area (Å²) in [6.45, 7) is 1.55. The van der Waals surface area contributed by atoms with Crippen molar-refractivity contribution in [3.63, 3.8) is 0 Å². The summed E-state index contributed by atoms with van der Waals surface area (Å²) in [6.07, 6.45) is 1.65. The molecule has 0 radical (unpaired) electrons. The molecule has 2 aromatic rings. The number of aliphatic hydroxyl groups is 1. The van der Waals surface area contributed by atoms with Crippen LogP contribution in [0, 0.1) is 5.92 Å². The first kappa shape index (κ1) is 13.9. The van der Waals surface area contributed by atoms with Crippen molar-refractivity contribution in [2.75, 3.05) is 19.7 Å². The van der Waals surface area contributed by atoms with Gasteiger partial charge in [0.2, 0.25) is 5.91 Å². The van der Waals surface area contributed by atoms with E-state index >= 15 is 0 Å². The van der Waals surface area contributed by atoms with E-state index in [0.717, 1.165) is 23.9 Å². The number of carbonyl (C=O) groups is 1. The Morgan fingerprint density at radius 1 is 1.29 bits per heavy atom. The fraction of sp³-hybridized carbons (Fsp3) is 0.467. The van der Waals surface area contributed by atoms with Gasteiger partial charge in [-0.2, -0.15) is 0 Å². The van der Waals surface area contributed by atoms with Crippen LogP contribution in [0.5, 0.6) is 0 Å². The minimum absolute atomic E-state index is 0.0433. The molecule has 0 bridgehead atoms. The van der Waals surface area contributed by atoms with Crippen LogP contribution in [0.2, 0.25) is 0 Å². The Hall–Kier alpha value is -2.08. The van der Waals surface area contributed by atoms with Crippen molar-refractivity contribution >= 4 is 16.9 Å². The number of likely N-dealkylation sites (tertiary alicyclic amines) is 1. The molecule has 6 nitrogen and oxygen atoms in total. The number of fused-ring (bicyclic) bond motifs is 1. The number of aliphatic hydroxyl groups excluding tert-OH is 1. The molecular formula is C15H19N3O3. The SMILES string of the molecule is O=C(Cn1c(=O)[nH]c2ccccc21)N1CCC(CO)CC1. The average Bonchev–Trinajstić information content (AvgIpc) is 2.83. The lowest BCUT2D eigenvalue weighted by Gasteiger charge is -2.31. The van der Waals surface area contributed by atoms with Crippen molar-refractivity contribution in [3.8, 4) is 0 Å². The quantitative estimate of drug-likeness (QED) is 0.866. The average molecular weight is 289 g/mol. The lowest BCUT2D eigenvalue weighted by atomic mass is 9.98. The molecule has 0 saturated carbocycles. The van der Waals surface area contributed by atoms with Crippen molar-refractivity contribution in [1.29, 1.82) is 0 Å². The van der Waals surface area contributed by atoms with Crippen LogP contribution < -0.4 is 5.69 Å². The maximum atomic E-state index is 12.3. The van der Waals surface area contributed by atoms with E-state index < -0.39 is 0 Å². The van der Waals surface area contributed by atoms with Gasteiger partial charge in [0, 0.05) is 19.7 Å². The van der Waals surface area contributed by atoms with Crippen molar-refractivity contribution < 1.29 is 9.90 Å². The summed E-state index contributed by atoms with van der Waals surface area (Å²) < 4.78 is 1.48. The Bertz CT molecular complexity index is 695. The number of hydrogen-bond acceptors (Lipinski definition) is 3. The Kier molecular flexibility index (Phi) is 3.79. The summed E-state index contributed by atoms with van der Waals surface area (Å²) >= 11 is 0. The van der Waals surface area contributed by atoms with Crippen molar-refractivity contribution in [3.05, 3.63) is 34.7 Å². The van der Waals surface area contributed by atoms with Gasteiger partial charge in [-0.25, -0.2) is 4.79 Å². The third-order valence-electron chi connectivity index (χ3n) is 4.20. The van der Waals surface area contributed by atoms with E-state index in [1.807, 2.05) is 24.3 Å². The number of piperidine rings is 1. The van der Waals surface area contributed by atoms with E-state index in [1.54, 1.807) is 4.90 Å². The summed E-state index contributed by atoms with van der Waals surface area (Å²) in [6, 6.07) is 7.36. The lowest BCUT2D eigenvalue weighted by molar-refractivity contribution is -0.133. The number of para-hydroxylation sites is 2. The summed E-state index contributed by atoms with van der Waals surface area (Å²) in [5, 5.41) is 9.13. The second-order valence-corrected chi connectivity index (χ2v) is 5.54. The van der Waals surface area contributed by atoms with E-state index in [0.29, 0.717) is 19.0 Å². The van der Waals surface area contributed by atoms with E-state index in [1.165, 1.54) is 4.57 Å². The summed E-state index contributed by atoms with van der Waals surface area (Å²) in [5.74, 6) is 0.253. The van der Waals surface area contributed by atoms with E-state index in [9.17, 15) is 9.59 Å². The maximum Gasteiger partial charge on any atom is 0.326 e. The van der Waals surface area contributed by atoms with Crippen LogP contribution in [0.25, 0.3) is 11.0 Å². The predicted molar refractivity (Wildman–Crippen MR) is 78.9 cm³/mol. The third-order valence-corrected chi connectivity index (χ3v) is 4.20. The minimum atomic E-state index is -0.255. The second-order valence-electron chi connectivity index (χ2n) is 5.54. The van der Waals surface area contributed by atoms with Gasteiger partial charge in [0.25, 0.3) is 0 Å². The molecule has 1 amide bonds. The largest absolute Gasteiger partial charge is 0.396 e. The van der Waals surface area contributed by atoms with Gasteiger partial charge in [-0.1, -0.05) is 12.1 Å². The zero-order chi connectivity index (χ0) is 14.8. The highest BCUT2D eigenvalue weighted by Gasteiger charge is 2.23. The van der Waals surface area contributed by atoms with Crippen LogP contribution in [0.1, 0.15) is 12.8 Å². The van der Waals surface area contributed by atoms with Crippen LogP contribution in [0.3, 0.4) is 0 Å². The molecule has 1 aromatic heterocycles. The Labute approximate surface area is 122 Å². The first-order valence-corrected chi connectivity index (χ1v) is 7.25. The molecular weight excluding hydrogens is 270 g/mol. The predicted octanol–water partition coefficient (Wildman–Crippen LogP) is 0.560. The molecule has 0 aliphatic carbocycles. The monoisotopic (exact) mass is 289 g/mol. The van der Waals surface area contributed by atoms with Crippen LogP contribution >= 0.6 is 0 Å². The smallest absolute Gasteiger partial charge is 0.326 e. The molecule has 1 aliphatic rings. The number of imidazole rings is 1. The molecule has 21 heavy (non-hydrogen) atoms. The number of benzene rings is 1. The molecule has 3 rings (SSSR count). The first-order chi connectivity index (χ1) is 10.2. The number of hydrogen-bond donors (Lipinski definition) is 2. The van der Waals surface area contributed by atoms with Gasteiger partial charge in [-0.15, -0.1) is 0 Å². The lowest BCUT2D eigenvalue weighted by Crippen LogP contribution is -2.41. The zero-order valence-corrected chi connectivity index (χ0v) is 11.8. The van der Waals surface area contributed by atoms with Gasteiger partial charge in [-0.05, 0) is 30.9 Å². The minimum Gasteiger partial charge on any atom is -0.396 e. The molecule has 0 spiro atoms. The molecule has 0 unspecified atom stereocenters. The first-order valence-electron chi connectivity index (χ1n) is 7.25. The number of H-pyrrole nitrogens is 1. The zero-order valence-electron chi connectivity index (χ0n) is 11.8. The number of amides is 1. The van der Waals surface area contributed by atoms with Gasteiger partial charge >= 0.3 is 5.69 Å². The van der Waals surface area contributed by atoms with Gasteiger partial charge in [-0.3, -0.25) is 9.36 Å². The fourth-order valence-corrected chi connectivity index (χ4v) is 2.86. The second kappa shape index (κ2) is 5.73. The van der Waals surface area contributed by atoms with E-state index in [2.05, 4.69) is 4.98 Å². The fourth-order valence-electron chi connectivity index (χ4n) is 2.86. The molecule has 0 atom stereocenters. The van der Waals surface area contributed by atoms with Gasteiger partial charge in [0.1, 0.15) is 6.54 Å². The van der Waals surface area contributed by atoms with Crippen molar-refractivity contribution in [1.82, 2.24) is 14.5 Å². The van der Waals surface area contributed by atoms with Gasteiger partial charge in [0.15, 0.2) is 0 Å². The molecule has 2 heterocycles.